The molecule has 15 heavy (non-hydrogen) atoms. The minimum absolute atomic E-state index is 0.564. The highest BCUT2D eigenvalue weighted by Crippen LogP contribution is 2.18. The Morgan fingerprint density at radius 1 is 1.53 bits per heavy atom. The van der Waals surface area contributed by atoms with Gasteiger partial charge in [0.05, 0.1) is 18.5 Å². The maximum Gasteiger partial charge on any atom is 0.384 e. The summed E-state index contributed by atoms with van der Waals surface area (Å²) in [5.41, 5.74) is 7.83. The molecule has 78 valence electrons. The van der Waals surface area contributed by atoms with Crippen LogP contribution in [0.4, 0.5) is 11.4 Å². The molecule has 4 nitrogen and oxygen atoms in total. The lowest BCUT2D eigenvalue weighted by atomic mass is 10.2. The van der Waals surface area contributed by atoms with E-state index in [1.165, 1.54) is 7.11 Å². The van der Waals surface area contributed by atoms with Gasteiger partial charge < -0.3 is 15.8 Å². The first kappa shape index (κ1) is 10.9. The Balaban J connectivity index is 2.92. The lowest BCUT2D eigenvalue weighted by Crippen LogP contribution is -1.97. The van der Waals surface area contributed by atoms with Gasteiger partial charge in [-0.05, 0) is 18.2 Å². The number of esters is 1. The third-order valence-corrected chi connectivity index (χ3v) is 1.82. The van der Waals surface area contributed by atoms with Gasteiger partial charge in [0.1, 0.15) is 0 Å². The summed E-state index contributed by atoms with van der Waals surface area (Å²) in [6, 6.07) is 5.27. The monoisotopic (exact) mass is 204 g/mol. The molecular weight excluding hydrogens is 192 g/mol. The molecule has 0 unspecified atom stereocenters. The zero-order valence-electron chi connectivity index (χ0n) is 8.63. The molecule has 0 spiro atoms. The van der Waals surface area contributed by atoms with Crippen LogP contribution in [0.2, 0.25) is 0 Å². The molecule has 0 heterocycles. The summed E-state index contributed by atoms with van der Waals surface area (Å²) in [4.78, 5) is 10.8. The van der Waals surface area contributed by atoms with Crippen LogP contribution in [0, 0.1) is 11.8 Å². The number of rotatable bonds is 1. The average Bonchev–Trinajstić information content (AvgIpc) is 2.26. The second-order valence-electron chi connectivity index (χ2n) is 2.79. The van der Waals surface area contributed by atoms with Gasteiger partial charge >= 0.3 is 5.97 Å². The van der Waals surface area contributed by atoms with Gasteiger partial charge in [0.25, 0.3) is 0 Å². The van der Waals surface area contributed by atoms with Crippen molar-refractivity contribution < 1.29 is 9.53 Å². The van der Waals surface area contributed by atoms with Gasteiger partial charge in [-0.2, -0.15) is 0 Å². The van der Waals surface area contributed by atoms with Crippen LogP contribution in [0.3, 0.4) is 0 Å². The number of anilines is 2. The van der Waals surface area contributed by atoms with Crippen molar-refractivity contribution >= 4 is 17.3 Å². The van der Waals surface area contributed by atoms with Gasteiger partial charge in [0, 0.05) is 18.5 Å². The number of nitrogen functional groups attached to an aromatic ring is 1. The molecule has 0 amide bonds. The number of carbonyl (C=O) groups excluding carboxylic acids is 1. The zero-order chi connectivity index (χ0) is 11.3. The molecule has 0 saturated carbocycles. The van der Waals surface area contributed by atoms with E-state index in [0.717, 1.165) is 5.69 Å². The highest BCUT2D eigenvalue weighted by atomic mass is 16.5. The third kappa shape index (κ3) is 2.92. The molecule has 0 aliphatic rings. The van der Waals surface area contributed by atoms with Crippen LogP contribution in [0.25, 0.3) is 0 Å². The largest absolute Gasteiger partial charge is 0.459 e. The predicted molar refractivity (Wildman–Crippen MR) is 59.3 cm³/mol. The number of ether oxygens (including phenoxy) is 1. The standard InChI is InChI=1S/C11H12N2O2/c1-13-10-5-3-8(7-9(10)12)4-6-11(14)15-2/h3,5,7,13H,12H2,1-2H3. The van der Waals surface area contributed by atoms with E-state index in [1.54, 1.807) is 25.2 Å². The van der Waals surface area contributed by atoms with Gasteiger partial charge in [-0.15, -0.1) is 0 Å². The molecule has 0 bridgehead atoms. The maximum absolute atomic E-state index is 10.8. The number of hydrogen-bond donors (Lipinski definition) is 2. The van der Waals surface area contributed by atoms with Gasteiger partial charge in [0.2, 0.25) is 0 Å². The highest BCUT2D eigenvalue weighted by molar-refractivity contribution is 5.89. The van der Waals surface area contributed by atoms with Gasteiger partial charge in [0.15, 0.2) is 0 Å². The summed E-state index contributed by atoms with van der Waals surface area (Å²) in [6.45, 7) is 0. The van der Waals surface area contributed by atoms with E-state index in [1.807, 2.05) is 0 Å². The fourth-order valence-electron chi connectivity index (χ4n) is 1.04. The van der Waals surface area contributed by atoms with Gasteiger partial charge in [-0.25, -0.2) is 4.79 Å². The van der Waals surface area contributed by atoms with Crippen molar-refractivity contribution in [1.29, 1.82) is 0 Å². The molecule has 0 aliphatic carbocycles. The number of methoxy groups -OCH3 is 1. The highest BCUT2D eigenvalue weighted by Gasteiger charge is 1.97. The maximum atomic E-state index is 10.8. The van der Waals surface area contributed by atoms with E-state index in [-0.39, 0.29) is 0 Å². The Kier molecular flexibility index (Phi) is 3.58. The van der Waals surface area contributed by atoms with Crippen LogP contribution in [-0.2, 0) is 9.53 Å². The first-order valence-corrected chi connectivity index (χ1v) is 4.34. The Morgan fingerprint density at radius 3 is 2.80 bits per heavy atom. The Labute approximate surface area is 88.4 Å². The fourth-order valence-corrected chi connectivity index (χ4v) is 1.04. The fraction of sp³-hybridized carbons (Fsp3) is 0.182. The quantitative estimate of drug-likeness (QED) is 0.404. The first-order valence-electron chi connectivity index (χ1n) is 4.34. The summed E-state index contributed by atoms with van der Waals surface area (Å²) >= 11 is 0. The third-order valence-electron chi connectivity index (χ3n) is 1.82. The number of benzene rings is 1. The molecule has 1 aromatic rings. The van der Waals surface area contributed by atoms with Gasteiger partial charge in [-0.1, -0.05) is 5.92 Å². The van der Waals surface area contributed by atoms with Crippen molar-refractivity contribution in [2.75, 3.05) is 25.2 Å². The molecular formula is C11H12N2O2. The molecule has 3 N–H and O–H groups in total. The second kappa shape index (κ2) is 4.91. The second-order valence-corrected chi connectivity index (χ2v) is 2.79. The molecule has 0 radical (unpaired) electrons. The minimum atomic E-state index is -0.564. The topological polar surface area (TPSA) is 64.3 Å². The molecule has 0 fully saturated rings. The summed E-state index contributed by atoms with van der Waals surface area (Å²) in [5, 5.41) is 2.93. The molecule has 1 aromatic carbocycles. The van der Waals surface area contributed by atoms with Crippen molar-refractivity contribution in [3.63, 3.8) is 0 Å². The first-order chi connectivity index (χ1) is 7.17. The van der Waals surface area contributed by atoms with Crippen LogP contribution in [0.5, 0.6) is 0 Å². The van der Waals surface area contributed by atoms with E-state index in [2.05, 4.69) is 21.9 Å². The van der Waals surface area contributed by atoms with E-state index in [0.29, 0.717) is 11.3 Å². The smallest absolute Gasteiger partial charge is 0.384 e. The Hall–Kier alpha value is -2.15. The van der Waals surface area contributed by atoms with E-state index >= 15 is 0 Å². The molecule has 0 atom stereocenters. The SMILES string of the molecule is CNc1ccc(C#CC(=O)OC)cc1N. The van der Waals surface area contributed by atoms with Crippen LogP contribution >= 0.6 is 0 Å². The molecule has 0 aliphatic heterocycles. The number of nitrogens with two attached hydrogens (primary N) is 1. The number of carbonyl (C=O) groups is 1. The minimum Gasteiger partial charge on any atom is -0.459 e. The summed E-state index contributed by atoms with van der Waals surface area (Å²) in [5.74, 6) is 4.42. The summed E-state index contributed by atoms with van der Waals surface area (Å²) in [6.07, 6.45) is 0. The van der Waals surface area contributed by atoms with Crippen molar-refractivity contribution in [1.82, 2.24) is 0 Å². The van der Waals surface area contributed by atoms with Crippen LogP contribution in [0.15, 0.2) is 18.2 Å². The van der Waals surface area contributed by atoms with Crippen molar-refractivity contribution in [2.24, 2.45) is 0 Å². The number of nitrogens with one attached hydrogen (secondary N) is 1. The lowest BCUT2D eigenvalue weighted by Gasteiger charge is -2.03. The van der Waals surface area contributed by atoms with Crippen molar-refractivity contribution in [2.45, 2.75) is 0 Å². The van der Waals surface area contributed by atoms with Crippen LogP contribution in [-0.4, -0.2) is 20.1 Å². The van der Waals surface area contributed by atoms with Crippen LogP contribution in [0.1, 0.15) is 5.56 Å². The Bertz CT molecular complexity index is 430. The molecule has 1 rings (SSSR count). The van der Waals surface area contributed by atoms with Gasteiger partial charge in [-0.3, -0.25) is 0 Å². The molecule has 0 aromatic heterocycles. The van der Waals surface area contributed by atoms with E-state index < -0.39 is 5.97 Å². The van der Waals surface area contributed by atoms with Crippen molar-refractivity contribution in [3.05, 3.63) is 23.8 Å². The van der Waals surface area contributed by atoms with E-state index in [4.69, 9.17) is 5.73 Å². The lowest BCUT2D eigenvalue weighted by molar-refractivity contribution is -0.133. The Morgan fingerprint density at radius 2 is 2.27 bits per heavy atom. The normalized spacial score (nSPS) is 8.67. The molecule has 4 heteroatoms. The van der Waals surface area contributed by atoms with Crippen molar-refractivity contribution in [3.8, 4) is 11.8 Å². The summed E-state index contributed by atoms with van der Waals surface area (Å²) in [7, 11) is 3.07. The number of hydrogen-bond acceptors (Lipinski definition) is 4. The molecule has 0 saturated heterocycles. The predicted octanol–water partition coefficient (Wildman–Crippen LogP) is 0.835. The summed E-state index contributed by atoms with van der Waals surface area (Å²) < 4.78 is 4.39. The van der Waals surface area contributed by atoms with Crippen LogP contribution < -0.4 is 11.1 Å². The van der Waals surface area contributed by atoms with E-state index in [9.17, 15) is 4.79 Å². The average molecular weight is 204 g/mol. The zero-order valence-corrected chi connectivity index (χ0v) is 8.63.